The van der Waals surface area contributed by atoms with Crippen LogP contribution in [0.4, 0.5) is 0 Å². The van der Waals surface area contributed by atoms with Crippen LogP contribution < -0.4 is 0 Å². The Morgan fingerprint density at radius 3 is 2.20 bits per heavy atom. The van der Waals surface area contributed by atoms with Crippen molar-refractivity contribution in [3.63, 3.8) is 0 Å². The molecular weight excluding hydrogens is 248 g/mol. The van der Waals surface area contributed by atoms with Crippen LogP contribution in [0, 0.1) is 0 Å². The van der Waals surface area contributed by atoms with E-state index in [2.05, 4.69) is 40.1 Å². The van der Waals surface area contributed by atoms with Gasteiger partial charge in [0, 0.05) is 26.2 Å². The van der Waals surface area contributed by atoms with Crippen LogP contribution in [0.25, 0.3) is 0 Å². The Kier molecular flexibility index (Phi) is 4.39. The number of benzene rings is 1. The summed E-state index contributed by atoms with van der Waals surface area (Å²) in [6.45, 7) is 6.28. The summed E-state index contributed by atoms with van der Waals surface area (Å²) >= 11 is 0. The second-order valence-electron chi connectivity index (χ2n) is 6.47. The number of piperidine rings is 1. The van der Waals surface area contributed by atoms with Gasteiger partial charge in [0.2, 0.25) is 0 Å². The Balaban J connectivity index is 1.48. The van der Waals surface area contributed by atoms with Gasteiger partial charge >= 0.3 is 0 Å². The van der Waals surface area contributed by atoms with Gasteiger partial charge in [-0.05, 0) is 44.3 Å². The van der Waals surface area contributed by atoms with E-state index >= 15 is 0 Å². The molecule has 2 aliphatic rings. The first-order valence-corrected chi connectivity index (χ1v) is 7.95. The van der Waals surface area contributed by atoms with Crippen LogP contribution in [-0.4, -0.2) is 53.2 Å². The fourth-order valence-corrected chi connectivity index (χ4v) is 3.48. The maximum Gasteiger partial charge on any atom is 0.0798 e. The van der Waals surface area contributed by atoms with Gasteiger partial charge in [-0.1, -0.05) is 30.3 Å². The SMILES string of the molecule is OC1(CN2CCCC2)CCN(Cc2ccccc2)CC1. The van der Waals surface area contributed by atoms with Crippen LogP contribution in [0.5, 0.6) is 0 Å². The molecule has 1 aromatic carbocycles. The summed E-state index contributed by atoms with van der Waals surface area (Å²) in [5.74, 6) is 0. The molecule has 0 aliphatic carbocycles. The molecule has 3 heteroatoms. The Labute approximate surface area is 122 Å². The summed E-state index contributed by atoms with van der Waals surface area (Å²) in [7, 11) is 0. The number of hydrogen-bond donors (Lipinski definition) is 1. The van der Waals surface area contributed by atoms with Crippen LogP contribution >= 0.6 is 0 Å². The van der Waals surface area contributed by atoms with Crippen LogP contribution in [0.15, 0.2) is 30.3 Å². The Hall–Kier alpha value is -0.900. The van der Waals surface area contributed by atoms with Crippen molar-refractivity contribution in [2.45, 2.75) is 37.8 Å². The minimum Gasteiger partial charge on any atom is -0.388 e. The number of rotatable bonds is 4. The van der Waals surface area contributed by atoms with Gasteiger partial charge < -0.3 is 10.0 Å². The monoisotopic (exact) mass is 274 g/mol. The van der Waals surface area contributed by atoms with Crippen molar-refractivity contribution in [1.82, 2.24) is 9.80 Å². The minimum atomic E-state index is -0.447. The first kappa shape index (κ1) is 14.1. The zero-order valence-corrected chi connectivity index (χ0v) is 12.3. The molecule has 0 saturated carbocycles. The minimum absolute atomic E-state index is 0.447. The molecule has 0 atom stereocenters. The molecule has 0 bridgehead atoms. The predicted octanol–water partition coefficient (Wildman–Crippen LogP) is 2.11. The lowest BCUT2D eigenvalue weighted by Gasteiger charge is -2.40. The highest BCUT2D eigenvalue weighted by molar-refractivity contribution is 5.14. The highest BCUT2D eigenvalue weighted by Gasteiger charge is 2.34. The Morgan fingerprint density at radius 2 is 1.55 bits per heavy atom. The van der Waals surface area contributed by atoms with Crippen LogP contribution in [0.2, 0.25) is 0 Å². The molecule has 2 heterocycles. The fourth-order valence-electron chi connectivity index (χ4n) is 3.48. The third kappa shape index (κ3) is 3.60. The lowest BCUT2D eigenvalue weighted by molar-refractivity contribution is -0.0430. The summed E-state index contributed by atoms with van der Waals surface area (Å²) in [5.41, 5.74) is 0.926. The van der Waals surface area contributed by atoms with E-state index in [1.165, 1.54) is 31.5 Å². The van der Waals surface area contributed by atoms with Crippen molar-refractivity contribution in [2.24, 2.45) is 0 Å². The zero-order chi connectivity index (χ0) is 13.8. The van der Waals surface area contributed by atoms with E-state index in [1.807, 2.05) is 0 Å². The molecule has 0 radical (unpaired) electrons. The van der Waals surface area contributed by atoms with Crippen molar-refractivity contribution < 1.29 is 5.11 Å². The van der Waals surface area contributed by atoms with Gasteiger partial charge in [-0.25, -0.2) is 0 Å². The molecule has 1 aromatic rings. The lowest BCUT2D eigenvalue weighted by Crippen LogP contribution is -2.50. The molecule has 1 N–H and O–H groups in total. The Morgan fingerprint density at radius 1 is 0.900 bits per heavy atom. The summed E-state index contributed by atoms with van der Waals surface area (Å²) in [5, 5.41) is 10.7. The van der Waals surface area contributed by atoms with Gasteiger partial charge in [0.15, 0.2) is 0 Å². The number of aliphatic hydroxyl groups is 1. The Bertz CT molecular complexity index is 406. The molecule has 20 heavy (non-hydrogen) atoms. The summed E-state index contributed by atoms with van der Waals surface area (Å²) in [4.78, 5) is 4.90. The molecule has 0 spiro atoms. The quantitative estimate of drug-likeness (QED) is 0.911. The van der Waals surface area contributed by atoms with E-state index < -0.39 is 5.60 Å². The molecule has 0 aromatic heterocycles. The third-order valence-electron chi connectivity index (χ3n) is 4.75. The average molecular weight is 274 g/mol. The molecule has 0 amide bonds. The van der Waals surface area contributed by atoms with E-state index in [4.69, 9.17) is 0 Å². The smallest absolute Gasteiger partial charge is 0.0798 e. The molecule has 2 aliphatic heterocycles. The highest BCUT2D eigenvalue weighted by atomic mass is 16.3. The van der Waals surface area contributed by atoms with Crippen LogP contribution in [0.1, 0.15) is 31.2 Å². The average Bonchev–Trinajstić information content (AvgIpc) is 2.95. The highest BCUT2D eigenvalue weighted by Crippen LogP contribution is 2.25. The summed E-state index contributed by atoms with van der Waals surface area (Å²) < 4.78 is 0. The first-order valence-electron chi connectivity index (χ1n) is 7.95. The van der Waals surface area contributed by atoms with E-state index in [0.29, 0.717) is 0 Å². The van der Waals surface area contributed by atoms with Crippen molar-refractivity contribution >= 4 is 0 Å². The number of likely N-dealkylation sites (tertiary alicyclic amines) is 2. The summed E-state index contributed by atoms with van der Waals surface area (Å²) in [6.07, 6.45) is 4.43. The van der Waals surface area contributed by atoms with E-state index in [9.17, 15) is 5.11 Å². The molecule has 0 unspecified atom stereocenters. The van der Waals surface area contributed by atoms with Gasteiger partial charge in [0.05, 0.1) is 5.60 Å². The molecular formula is C17H26N2O. The van der Waals surface area contributed by atoms with Crippen LogP contribution in [-0.2, 0) is 6.54 Å². The fraction of sp³-hybridized carbons (Fsp3) is 0.647. The van der Waals surface area contributed by atoms with Crippen LogP contribution in [0.3, 0.4) is 0 Å². The number of nitrogens with zero attached hydrogens (tertiary/aromatic N) is 2. The molecule has 110 valence electrons. The van der Waals surface area contributed by atoms with Gasteiger partial charge in [-0.15, -0.1) is 0 Å². The van der Waals surface area contributed by atoms with Gasteiger partial charge in [-0.3, -0.25) is 4.90 Å². The van der Waals surface area contributed by atoms with Gasteiger partial charge in [0.1, 0.15) is 0 Å². The zero-order valence-electron chi connectivity index (χ0n) is 12.3. The molecule has 2 fully saturated rings. The largest absolute Gasteiger partial charge is 0.388 e. The maximum atomic E-state index is 10.7. The molecule has 3 rings (SSSR count). The van der Waals surface area contributed by atoms with E-state index in [1.54, 1.807) is 0 Å². The standard InChI is InChI=1S/C17H26N2O/c20-17(15-19-10-4-5-11-19)8-12-18(13-9-17)14-16-6-2-1-3-7-16/h1-3,6-7,20H,4-5,8-15H2. The lowest BCUT2D eigenvalue weighted by atomic mass is 9.90. The molecule has 2 saturated heterocycles. The normalized spacial score (nSPS) is 24.1. The van der Waals surface area contributed by atoms with Crippen molar-refractivity contribution in [2.75, 3.05) is 32.7 Å². The van der Waals surface area contributed by atoms with Crippen molar-refractivity contribution in [3.05, 3.63) is 35.9 Å². The van der Waals surface area contributed by atoms with Gasteiger partial charge in [0.25, 0.3) is 0 Å². The first-order chi connectivity index (χ1) is 9.73. The van der Waals surface area contributed by atoms with E-state index in [-0.39, 0.29) is 0 Å². The second-order valence-corrected chi connectivity index (χ2v) is 6.47. The maximum absolute atomic E-state index is 10.7. The third-order valence-corrected chi connectivity index (χ3v) is 4.75. The number of hydrogen-bond acceptors (Lipinski definition) is 3. The summed E-state index contributed by atoms with van der Waals surface area (Å²) in [6, 6.07) is 10.6. The van der Waals surface area contributed by atoms with Crippen molar-refractivity contribution in [3.8, 4) is 0 Å². The van der Waals surface area contributed by atoms with E-state index in [0.717, 1.165) is 39.0 Å². The molecule has 3 nitrogen and oxygen atoms in total. The topological polar surface area (TPSA) is 26.7 Å². The second kappa shape index (κ2) is 6.25. The van der Waals surface area contributed by atoms with Gasteiger partial charge in [-0.2, -0.15) is 0 Å². The number of β-amino-alcohol motifs (C(OH)–C–C–N with tert-alkyl or cyclic N) is 1. The predicted molar refractivity (Wildman–Crippen MR) is 81.6 cm³/mol. The van der Waals surface area contributed by atoms with Crippen molar-refractivity contribution in [1.29, 1.82) is 0 Å².